The molecule has 1 heterocycles. The predicted octanol–water partition coefficient (Wildman–Crippen LogP) is 2.06. The second-order valence-electron chi connectivity index (χ2n) is 3.74. The zero-order chi connectivity index (χ0) is 12.0. The van der Waals surface area contributed by atoms with Crippen LogP contribution in [-0.2, 0) is 7.05 Å². The van der Waals surface area contributed by atoms with Gasteiger partial charge in [-0.2, -0.15) is 5.10 Å². The number of aryl methyl sites for hydroxylation is 1. The van der Waals surface area contributed by atoms with Gasteiger partial charge in [-0.05, 0) is 6.42 Å². The lowest BCUT2D eigenvalue weighted by Gasteiger charge is -2.20. The molecule has 0 N–H and O–H groups in total. The van der Waals surface area contributed by atoms with Gasteiger partial charge in [-0.1, -0.05) is 29.3 Å². The molecule has 0 saturated carbocycles. The monoisotopic (exact) mass is 287 g/mol. The van der Waals surface area contributed by atoms with Gasteiger partial charge in [-0.3, -0.25) is 9.48 Å². The van der Waals surface area contributed by atoms with Gasteiger partial charge in [-0.15, -0.1) is 0 Å². The highest BCUT2D eigenvalue weighted by atomic mass is 79.9. The number of rotatable bonds is 6. The van der Waals surface area contributed by atoms with Crippen LogP contribution in [-0.4, -0.2) is 39.0 Å². The van der Waals surface area contributed by atoms with Crippen molar-refractivity contribution >= 4 is 21.8 Å². The topological polar surface area (TPSA) is 38.1 Å². The highest BCUT2D eigenvalue weighted by Gasteiger charge is 2.15. The van der Waals surface area contributed by atoms with E-state index in [1.54, 1.807) is 17.1 Å². The summed E-state index contributed by atoms with van der Waals surface area (Å²) in [6, 6.07) is 0. The summed E-state index contributed by atoms with van der Waals surface area (Å²) in [5.41, 5.74) is 0.666. The van der Waals surface area contributed by atoms with Gasteiger partial charge in [0, 0.05) is 31.7 Å². The minimum absolute atomic E-state index is 0.0704. The van der Waals surface area contributed by atoms with E-state index in [2.05, 4.69) is 28.0 Å². The van der Waals surface area contributed by atoms with Gasteiger partial charge >= 0.3 is 0 Å². The van der Waals surface area contributed by atoms with E-state index >= 15 is 0 Å². The van der Waals surface area contributed by atoms with Crippen molar-refractivity contribution in [3.8, 4) is 0 Å². The molecule has 0 fully saturated rings. The molecule has 0 radical (unpaired) electrons. The fourth-order valence-corrected chi connectivity index (χ4v) is 1.91. The molecule has 0 aliphatic carbocycles. The van der Waals surface area contributed by atoms with Crippen molar-refractivity contribution in [1.82, 2.24) is 14.7 Å². The molecule has 0 unspecified atom stereocenters. The van der Waals surface area contributed by atoms with Crippen molar-refractivity contribution < 1.29 is 4.79 Å². The summed E-state index contributed by atoms with van der Waals surface area (Å²) >= 11 is 3.37. The first-order valence-corrected chi connectivity index (χ1v) is 6.65. The highest BCUT2D eigenvalue weighted by molar-refractivity contribution is 9.09. The van der Waals surface area contributed by atoms with E-state index in [1.165, 1.54) is 0 Å². The molecule has 1 aromatic rings. The Balaban J connectivity index is 2.66. The molecule has 0 bridgehead atoms. The summed E-state index contributed by atoms with van der Waals surface area (Å²) in [6.45, 7) is 3.68. The quantitative estimate of drug-likeness (QED) is 0.751. The Labute approximate surface area is 105 Å². The molecular weight excluding hydrogens is 270 g/mol. The van der Waals surface area contributed by atoms with Gasteiger partial charge < -0.3 is 4.90 Å². The molecule has 0 aliphatic heterocycles. The minimum atomic E-state index is 0.0704. The Bertz CT molecular complexity index is 338. The largest absolute Gasteiger partial charge is 0.338 e. The van der Waals surface area contributed by atoms with Crippen LogP contribution in [0.4, 0.5) is 0 Å². The molecule has 0 aliphatic rings. The number of carbonyl (C=O) groups excluding carboxylic acids is 1. The van der Waals surface area contributed by atoms with Gasteiger partial charge in [0.2, 0.25) is 0 Å². The van der Waals surface area contributed by atoms with E-state index in [4.69, 9.17) is 0 Å². The SMILES string of the molecule is CCCCN(CCBr)C(=O)c1cnn(C)c1. The van der Waals surface area contributed by atoms with Gasteiger partial charge in [0.1, 0.15) is 0 Å². The van der Waals surface area contributed by atoms with E-state index in [-0.39, 0.29) is 5.91 Å². The number of hydrogen-bond acceptors (Lipinski definition) is 2. The number of hydrogen-bond donors (Lipinski definition) is 0. The van der Waals surface area contributed by atoms with E-state index in [1.807, 2.05) is 11.9 Å². The molecule has 16 heavy (non-hydrogen) atoms. The molecule has 4 nitrogen and oxygen atoms in total. The summed E-state index contributed by atoms with van der Waals surface area (Å²) in [4.78, 5) is 14.0. The number of nitrogens with zero attached hydrogens (tertiary/aromatic N) is 3. The molecule has 0 atom stereocenters. The van der Waals surface area contributed by atoms with E-state index < -0.39 is 0 Å². The van der Waals surface area contributed by atoms with Crippen molar-refractivity contribution in [3.63, 3.8) is 0 Å². The Morgan fingerprint density at radius 2 is 2.31 bits per heavy atom. The first-order valence-electron chi connectivity index (χ1n) is 5.53. The Kier molecular flexibility index (Phi) is 5.52. The van der Waals surface area contributed by atoms with Crippen LogP contribution in [0.1, 0.15) is 30.1 Å². The fraction of sp³-hybridized carbons (Fsp3) is 0.636. The summed E-state index contributed by atoms with van der Waals surface area (Å²) < 4.78 is 1.65. The summed E-state index contributed by atoms with van der Waals surface area (Å²) in [7, 11) is 1.82. The van der Waals surface area contributed by atoms with Gasteiger partial charge in [-0.25, -0.2) is 0 Å². The van der Waals surface area contributed by atoms with E-state index in [9.17, 15) is 4.79 Å². The number of aromatic nitrogens is 2. The number of carbonyl (C=O) groups is 1. The van der Waals surface area contributed by atoms with Crippen molar-refractivity contribution in [2.45, 2.75) is 19.8 Å². The van der Waals surface area contributed by atoms with Crippen LogP contribution in [0.5, 0.6) is 0 Å². The van der Waals surface area contributed by atoms with Gasteiger partial charge in [0.05, 0.1) is 11.8 Å². The van der Waals surface area contributed by atoms with Crippen molar-refractivity contribution in [2.24, 2.45) is 7.05 Å². The first-order chi connectivity index (χ1) is 7.69. The molecule has 0 aromatic carbocycles. The zero-order valence-corrected chi connectivity index (χ0v) is 11.4. The lowest BCUT2D eigenvalue weighted by atomic mass is 10.2. The average molecular weight is 288 g/mol. The molecule has 0 saturated heterocycles. The molecule has 1 rings (SSSR count). The molecule has 0 spiro atoms. The third-order valence-electron chi connectivity index (χ3n) is 2.38. The Morgan fingerprint density at radius 3 is 2.81 bits per heavy atom. The van der Waals surface area contributed by atoms with Crippen LogP contribution < -0.4 is 0 Å². The summed E-state index contributed by atoms with van der Waals surface area (Å²) in [6.07, 6.45) is 5.52. The Hall–Kier alpha value is -0.840. The van der Waals surface area contributed by atoms with Crippen molar-refractivity contribution in [1.29, 1.82) is 0 Å². The van der Waals surface area contributed by atoms with Crippen LogP contribution in [0.2, 0.25) is 0 Å². The maximum Gasteiger partial charge on any atom is 0.257 e. The average Bonchev–Trinajstić information content (AvgIpc) is 2.70. The number of alkyl halides is 1. The first kappa shape index (κ1) is 13.2. The molecule has 90 valence electrons. The van der Waals surface area contributed by atoms with Crippen LogP contribution in [0.15, 0.2) is 12.4 Å². The normalized spacial score (nSPS) is 10.4. The van der Waals surface area contributed by atoms with Gasteiger partial charge in [0.25, 0.3) is 5.91 Å². The van der Waals surface area contributed by atoms with Crippen LogP contribution in [0, 0.1) is 0 Å². The third-order valence-corrected chi connectivity index (χ3v) is 2.73. The molecule has 5 heteroatoms. The smallest absolute Gasteiger partial charge is 0.257 e. The maximum absolute atomic E-state index is 12.1. The Morgan fingerprint density at radius 1 is 1.56 bits per heavy atom. The lowest BCUT2D eigenvalue weighted by Crippen LogP contribution is -2.33. The predicted molar refractivity (Wildman–Crippen MR) is 67.8 cm³/mol. The third kappa shape index (κ3) is 3.63. The standard InChI is InChI=1S/C11H18BrN3O/c1-3-4-6-15(7-5-12)11(16)10-8-13-14(2)9-10/h8-9H,3-7H2,1-2H3. The minimum Gasteiger partial charge on any atom is -0.338 e. The second kappa shape index (κ2) is 6.68. The molecular formula is C11H18BrN3O. The van der Waals surface area contributed by atoms with Gasteiger partial charge in [0.15, 0.2) is 0 Å². The number of unbranched alkanes of at least 4 members (excludes halogenated alkanes) is 1. The van der Waals surface area contributed by atoms with Crippen molar-refractivity contribution in [2.75, 3.05) is 18.4 Å². The lowest BCUT2D eigenvalue weighted by molar-refractivity contribution is 0.0764. The maximum atomic E-state index is 12.1. The van der Waals surface area contributed by atoms with Crippen LogP contribution in [0.3, 0.4) is 0 Å². The van der Waals surface area contributed by atoms with Crippen LogP contribution >= 0.6 is 15.9 Å². The fourth-order valence-electron chi connectivity index (χ4n) is 1.48. The zero-order valence-electron chi connectivity index (χ0n) is 9.82. The number of halogens is 1. The van der Waals surface area contributed by atoms with Crippen LogP contribution in [0.25, 0.3) is 0 Å². The second-order valence-corrected chi connectivity index (χ2v) is 4.53. The highest BCUT2D eigenvalue weighted by Crippen LogP contribution is 2.06. The van der Waals surface area contributed by atoms with E-state index in [0.29, 0.717) is 5.56 Å². The number of amides is 1. The molecule has 1 aromatic heterocycles. The van der Waals surface area contributed by atoms with Crippen molar-refractivity contribution in [3.05, 3.63) is 18.0 Å². The van der Waals surface area contributed by atoms with E-state index in [0.717, 1.165) is 31.3 Å². The summed E-state index contributed by atoms with van der Waals surface area (Å²) in [5.74, 6) is 0.0704. The molecule has 1 amide bonds. The summed E-state index contributed by atoms with van der Waals surface area (Å²) in [5, 5.41) is 4.83.